The van der Waals surface area contributed by atoms with Gasteiger partial charge in [-0.2, -0.15) is 0 Å². The minimum Gasteiger partial charge on any atom is -0.508 e. The summed E-state index contributed by atoms with van der Waals surface area (Å²) < 4.78 is 5.53. The topological polar surface area (TPSA) is 108 Å². The minimum atomic E-state index is -1.01. The number of carbonyl (C=O) groups is 3. The number of phenols is 1. The lowest BCUT2D eigenvalue weighted by atomic mass is 9.95. The smallest absolute Gasteiger partial charge is 0.408 e. The standard InChI is InChI=1S/C35H43N3O5/c1-22-12-13-23(2)28(18-22)31(32(40)36-21-26-10-8-7-9-11-26)38(30-19-24(30)3)33(41)29(37-34(42)43-35(4,5)6)20-25-14-16-27(39)17-15-25/h7-18,24,29-31,39H,19-21H2,1-6H3,(H,36,40)(H,37,42). The lowest BCUT2D eigenvalue weighted by Gasteiger charge is -2.36. The summed E-state index contributed by atoms with van der Waals surface area (Å²) in [6.07, 6.45) is 0.184. The maximum atomic E-state index is 14.7. The summed E-state index contributed by atoms with van der Waals surface area (Å²) in [5.41, 5.74) is 3.55. The van der Waals surface area contributed by atoms with Gasteiger partial charge in [-0.05, 0) is 81.3 Å². The molecule has 0 bridgehead atoms. The summed E-state index contributed by atoms with van der Waals surface area (Å²) in [6.45, 7) is 11.6. The Bertz CT molecular complexity index is 1430. The van der Waals surface area contributed by atoms with Gasteiger partial charge in [-0.3, -0.25) is 9.59 Å². The largest absolute Gasteiger partial charge is 0.508 e. The van der Waals surface area contributed by atoms with Crippen LogP contribution in [0, 0.1) is 19.8 Å². The lowest BCUT2D eigenvalue weighted by molar-refractivity contribution is -0.143. The second kappa shape index (κ2) is 13.3. The van der Waals surface area contributed by atoms with E-state index in [2.05, 4.69) is 17.6 Å². The fraction of sp³-hybridized carbons (Fsp3) is 0.400. The Morgan fingerprint density at radius 3 is 2.23 bits per heavy atom. The Balaban J connectivity index is 1.74. The number of nitrogens with one attached hydrogen (secondary N) is 2. The van der Waals surface area contributed by atoms with Gasteiger partial charge >= 0.3 is 6.09 Å². The van der Waals surface area contributed by atoms with Crippen LogP contribution in [-0.4, -0.2) is 45.6 Å². The molecule has 3 aromatic carbocycles. The summed E-state index contributed by atoms with van der Waals surface area (Å²) in [4.78, 5) is 43.5. The Morgan fingerprint density at radius 1 is 0.977 bits per heavy atom. The highest BCUT2D eigenvalue weighted by Gasteiger charge is 2.48. The normalized spacial score (nSPS) is 17.3. The first-order valence-corrected chi connectivity index (χ1v) is 14.8. The van der Waals surface area contributed by atoms with Crippen LogP contribution in [0.3, 0.4) is 0 Å². The van der Waals surface area contributed by atoms with E-state index in [1.165, 1.54) is 0 Å². The molecule has 8 nitrogen and oxygen atoms in total. The van der Waals surface area contributed by atoms with Gasteiger partial charge in [0, 0.05) is 19.0 Å². The second-order valence-electron chi connectivity index (χ2n) is 12.6. The minimum absolute atomic E-state index is 0.102. The number of nitrogens with zero attached hydrogens (tertiary/aromatic N) is 1. The van der Waals surface area contributed by atoms with Gasteiger partial charge < -0.3 is 25.4 Å². The molecule has 4 rings (SSSR count). The predicted octanol–water partition coefficient (Wildman–Crippen LogP) is 5.74. The van der Waals surface area contributed by atoms with Crippen LogP contribution in [0.15, 0.2) is 72.8 Å². The summed E-state index contributed by atoms with van der Waals surface area (Å²) in [6, 6.07) is 20.0. The van der Waals surface area contributed by atoms with Crippen molar-refractivity contribution in [1.82, 2.24) is 15.5 Å². The maximum absolute atomic E-state index is 14.7. The van der Waals surface area contributed by atoms with Crippen LogP contribution < -0.4 is 10.6 Å². The molecule has 0 aromatic heterocycles. The van der Waals surface area contributed by atoms with Crippen LogP contribution in [0.5, 0.6) is 5.75 Å². The van der Waals surface area contributed by atoms with Crippen molar-refractivity contribution < 1.29 is 24.2 Å². The van der Waals surface area contributed by atoms with Gasteiger partial charge in [0.25, 0.3) is 0 Å². The van der Waals surface area contributed by atoms with Gasteiger partial charge in [0.05, 0.1) is 0 Å². The van der Waals surface area contributed by atoms with Crippen molar-refractivity contribution in [2.45, 2.75) is 84.7 Å². The van der Waals surface area contributed by atoms with E-state index >= 15 is 0 Å². The van der Waals surface area contributed by atoms with Crippen LogP contribution in [-0.2, 0) is 27.3 Å². The summed E-state index contributed by atoms with van der Waals surface area (Å²) in [5.74, 6) is -0.362. The summed E-state index contributed by atoms with van der Waals surface area (Å²) in [5, 5.41) is 15.7. The van der Waals surface area contributed by atoms with Gasteiger partial charge in [-0.15, -0.1) is 0 Å². The zero-order valence-corrected chi connectivity index (χ0v) is 25.9. The first-order valence-electron chi connectivity index (χ1n) is 14.8. The number of benzene rings is 3. The molecule has 4 unspecified atom stereocenters. The number of carbonyl (C=O) groups excluding carboxylic acids is 3. The van der Waals surface area contributed by atoms with Crippen molar-refractivity contribution in [2.24, 2.45) is 5.92 Å². The van der Waals surface area contributed by atoms with Gasteiger partial charge in [-0.25, -0.2) is 4.79 Å². The third-order valence-electron chi connectivity index (χ3n) is 7.61. The second-order valence-corrected chi connectivity index (χ2v) is 12.6. The van der Waals surface area contributed by atoms with Crippen molar-refractivity contribution in [1.29, 1.82) is 0 Å². The molecular formula is C35H43N3O5. The number of amides is 3. The highest BCUT2D eigenvalue weighted by Crippen LogP contribution is 2.41. The number of phenolic OH excluding ortho intramolecular Hbond substituents is 1. The van der Waals surface area contributed by atoms with E-state index in [9.17, 15) is 19.5 Å². The number of rotatable bonds is 10. The third kappa shape index (κ3) is 8.60. The zero-order chi connectivity index (χ0) is 31.3. The molecular weight excluding hydrogens is 542 g/mol. The number of aromatic hydroxyl groups is 1. The van der Waals surface area contributed by atoms with Crippen LogP contribution in [0.2, 0.25) is 0 Å². The molecule has 1 aliphatic rings. The van der Waals surface area contributed by atoms with Gasteiger partial charge in [0.1, 0.15) is 23.4 Å². The average molecular weight is 586 g/mol. The molecule has 8 heteroatoms. The molecule has 43 heavy (non-hydrogen) atoms. The Kier molecular flexibility index (Phi) is 9.79. The fourth-order valence-corrected chi connectivity index (χ4v) is 5.22. The number of ether oxygens (including phenoxy) is 1. The Morgan fingerprint density at radius 2 is 1.63 bits per heavy atom. The molecule has 3 N–H and O–H groups in total. The first kappa shape index (κ1) is 31.6. The lowest BCUT2D eigenvalue weighted by Crippen LogP contribution is -2.54. The van der Waals surface area contributed by atoms with Crippen molar-refractivity contribution in [3.05, 3.63) is 101 Å². The highest BCUT2D eigenvalue weighted by molar-refractivity contribution is 5.93. The molecule has 0 radical (unpaired) electrons. The predicted molar refractivity (Wildman–Crippen MR) is 166 cm³/mol. The van der Waals surface area contributed by atoms with E-state index in [0.29, 0.717) is 6.54 Å². The van der Waals surface area contributed by atoms with E-state index < -0.39 is 23.8 Å². The van der Waals surface area contributed by atoms with Crippen LogP contribution in [0.25, 0.3) is 0 Å². The molecule has 0 saturated heterocycles. The quantitative estimate of drug-likeness (QED) is 0.281. The number of alkyl carbamates (subject to hydrolysis) is 1. The van der Waals surface area contributed by atoms with Gasteiger partial charge in [0.15, 0.2) is 0 Å². The molecule has 1 aliphatic carbocycles. The molecule has 3 amide bonds. The van der Waals surface area contributed by atoms with E-state index in [0.717, 1.165) is 34.2 Å². The summed E-state index contributed by atoms with van der Waals surface area (Å²) >= 11 is 0. The molecule has 228 valence electrons. The summed E-state index contributed by atoms with van der Waals surface area (Å²) in [7, 11) is 0. The number of hydrogen-bond acceptors (Lipinski definition) is 5. The first-order chi connectivity index (χ1) is 20.3. The molecule has 0 heterocycles. The maximum Gasteiger partial charge on any atom is 0.408 e. The molecule has 1 saturated carbocycles. The van der Waals surface area contributed by atoms with Gasteiger partial charge in [0.2, 0.25) is 11.8 Å². The Labute approximate surface area is 254 Å². The van der Waals surface area contributed by atoms with Crippen LogP contribution in [0.4, 0.5) is 4.79 Å². The van der Waals surface area contributed by atoms with Crippen molar-refractivity contribution in [3.63, 3.8) is 0 Å². The van der Waals surface area contributed by atoms with Crippen molar-refractivity contribution in [3.8, 4) is 5.75 Å². The van der Waals surface area contributed by atoms with E-state index in [4.69, 9.17) is 4.74 Å². The fourth-order valence-electron chi connectivity index (χ4n) is 5.22. The van der Waals surface area contributed by atoms with E-state index in [1.807, 2.05) is 62.4 Å². The SMILES string of the molecule is Cc1ccc(C)c(C(C(=O)NCc2ccccc2)N(C(=O)C(Cc2ccc(O)cc2)NC(=O)OC(C)(C)C)C2CC2C)c1. The van der Waals surface area contributed by atoms with Crippen molar-refractivity contribution in [2.75, 3.05) is 0 Å². The zero-order valence-electron chi connectivity index (χ0n) is 25.9. The molecule has 1 fully saturated rings. The van der Waals surface area contributed by atoms with Crippen LogP contribution >= 0.6 is 0 Å². The molecule has 4 atom stereocenters. The van der Waals surface area contributed by atoms with E-state index in [1.54, 1.807) is 49.9 Å². The monoisotopic (exact) mass is 585 g/mol. The Hall–Kier alpha value is -4.33. The molecule has 3 aromatic rings. The average Bonchev–Trinajstić information content (AvgIpc) is 3.67. The van der Waals surface area contributed by atoms with E-state index in [-0.39, 0.29) is 35.9 Å². The van der Waals surface area contributed by atoms with Crippen LogP contribution in [0.1, 0.15) is 68.0 Å². The highest BCUT2D eigenvalue weighted by atomic mass is 16.6. The number of aryl methyl sites for hydroxylation is 2. The van der Waals surface area contributed by atoms with Gasteiger partial charge in [-0.1, -0.05) is 73.2 Å². The number of hydrogen-bond donors (Lipinski definition) is 3. The third-order valence-corrected chi connectivity index (χ3v) is 7.61. The molecule has 0 aliphatic heterocycles. The molecule has 0 spiro atoms. The van der Waals surface area contributed by atoms with Crippen molar-refractivity contribution >= 4 is 17.9 Å².